The van der Waals surface area contributed by atoms with Gasteiger partial charge in [0.15, 0.2) is 12.4 Å². The zero-order valence-corrected chi connectivity index (χ0v) is 21.7. The van der Waals surface area contributed by atoms with Gasteiger partial charge >= 0.3 is 11.9 Å². The van der Waals surface area contributed by atoms with Crippen molar-refractivity contribution >= 4 is 68.4 Å². The van der Waals surface area contributed by atoms with Crippen LogP contribution in [0.4, 0.5) is 5.69 Å². The Hall–Kier alpha value is -3.20. The smallest absolute Gasteiger partial charge is 0.343 e. The third-order valence-corrected chi connectivity index (χ3v) is 6.83. The Balaban J connectivity index is 1.30. The fourth-order valence-electron chi connectivity index (χ4n) is 3.60. The highest BCUT2D eigenvalue weighted by molar-refractivity contribution is 9.10. The largest absolute Gasteiger partial charge is 0.457 e. The molecule has 0 bridgehead atoms. The molecule has 1 aliphatic rings. The van der Waals surface area contributed by atoms with Crippen molar-refractivity contribution < 1.29 is 28.7 Å². The Morgan fingerprint density at radius 3 is 2.31 bits per heavy atom. The predicted octanol–water partition coefficient (Wildman–Crippen LogP) is 5.75. The van der Waals surface area contributed by atoms with Crippen LogP contribution in [0.3, 0.4) is 0 Å². The number of esters is 2. The zero-order valence-electron chi connectivity index (χ0n) is 18.6. The highest BCUT2D eigenvalue weighted by Crippen LogP contribution is 2.36. The normalized spacial score (nSPS) is 15.0. The summed E-state index contributed by atoms with van der Waals surface area (Å²) in [5.41, 5.74) is 1.08. The molecule has 0 aromatic heterocycles. The van der Waals surface area contributed by atoms with E-state index < -0.39 is 30.2 Å². The number of hydrogen-bond donors (Lipinski definition) is 0. The second kappa shape index (κ2) is 11.2. The van der Waals surface area contributed by atoms with Gasteiger partial charge in [0.05, 0.1) is 27.2 Å². The topological polar surface area (TPSA) is 90.0 Å². The first-order chi connectivity index (χ1) is 17.2. The molecule has 0 spiro atoms. The standard InChI is InChI=1S/C26H18BrCl2NO6/c27-18-8-4-16(5-9-18)26(34)36-19-10-6-15(7-11-19)22(31)14-35-25(33)17-12-23(32)30(13-17)21-3-1-2-20(28)24(21)29/h1-11,17H,12-14H2/t17-/m0/s1. The molecule has 1 amide bonds. The van der Waals surface area contributed by atoms with E-state index in [1.807, 2.05) is 0 Å². The summed E-state index contributed by atoms with van der Waals surface area (Å²) in [6.45, 7) is -0.413. The number of ketones is 1. The van der Waals surface area contributed by atoms with E-state index in [-0.39, 0.29) is 35.2 Å². The van der Waals surface area contributed by atoms with Gasteiger partial charge in [-0.2, -0.15) is 0 Å². The number of hydrogen-bond acceptors (Lipinski definition) is 6. The number of rotatable bonds is 7. The number of amides is 1. The molecule has 3 aromatic carbocycles. The number of Topliss-reactive ketones (excluding diaryl/α,β-unsaturated/α-hetero) is 1. The van der Waals surface area contributed by atoms with Gasteiger partial charge in [0, 0.05) is 23.0 Å². The predicted molar refractivity (Wildman–Crippen MR) is 138 cm³/mol. The van der Waals surface area contributed by atoms with Crippen molar-refractivity contribution in [3.05, 3.63) is 92.4 Å². The van der Waals surface area contributed by atoms with Crippen LogP contribution in [0, 0.1) is 5.92 Å². The van der Waals surface area contributed by atoms with Crippen molar-refractivity contribution in [2.24, 2.45) is 5.92 Å². The van der Waals surface area contributed by atoms with Crippen molar-refractivity contribution in [1.29, 1.82) is 0 Å². The molecule has 4 rings (SSSR count). The van der Waals surface area contributed by atoms with E-state index in [9.17, 15) is 19.2 Å². The fraction of sp³-hybridized carbons (Fsp3) is 0.154. The fourth-order valence-corrected chi connectivity index (χ4v) is 4.26. The van der Waals surface area contributed by atoms with Gasteiger partial charge < -0.3 is 14.4 Å². The van der Waals surface area contributed by atoms with Crippen LogP contribution in [0.1, 0.15) is 27.1 Å². The molecule has 0 radical (unpaired) electrons. The molecule has 0 aliphatic carbocycles. The van der Waals surface area contributed by atoms with E-state index in [0.29, 0.717) is 16.3 Å². The molecule has 7 nitrogen and oxygen atoms in total. The molecule has 184 valence electrons. The lowest BCUT2D eigenvalue weighted by atomic mass is 10.1. The van der Waals surface area contributed by atoms with Crippen LogP contribution in [-0.4, -0.2) is 36.8 Å². The maximum atomic E-state index is 12.5. The van der Waals surface area contributed by atoms with Crippen LogP contribution < -0.4 is 9.64 Å². The summed E-state index contributed by atoms with van der Waals surface area (Å²) < 4.78 is 11.3. The van der Waals surface area contributed by atoms with Gasteiger partial charge in [-0.3, -0.25) is 14.4 Å². The van der Waals surface area contributed by atoms with Gasteiger partial charge in [-0.05, 0) is 60.7 Å². The number of anilines is 1. The average Bonchev–Trinajstić information content (AvgIpc) is 3.26. The van der Waals surface area contributed by atoms with Crippen LogP contribution in [0.15, 0.2) is 71.2 Å². The number of nitrogens with zero attached hydrogens (tertiary/aromatic N) is 1. The van der Waals surface area contributed by atoms with Gasteiger partial charge in [-0.15, -0.1) is 0 Å². The second-order valence-corrected chi connectivity index (χ2v) is 9.63. The van der Waals surface area contributed by atoms with E-state index in [0.717, 1.165) is 4.47 Å². The summed E-state index contributed by atoms with van der Waals surface area (Å²) in [4.78, 5) is 51.0. The Morgan fingerprint density at radius 2 is 1.61 bits per heavy atom. The molecule has 1 saturated heterocycles. The lowest BCUT2D eigenvalue weighted by Crippen LogP contribution is -2.27. The Kier molecular flexibility index (Phi) is 8.08. The zero-order chi connectivity index (χ0) is 25.8. The minimum absolute atomic E-state index is 0.0612. The van der Waals surface area contributed by atoms with Crippen LogP contribution in [0.25, 0.3) is 0 Å². The molecule has 36 heavy (non-hydrogen) atoms. The first kappa shape index (κ1) is 25.9. The maximum Gasteiger partial charge on any atom is 0.343 e. The summed E-state index contributed by atoms with van der Waals surface area (Å²) in [6, 6.07) is 17.5. The van der Waals surface area contributed by atoms with E-state index in [1.54, 1.807) is 42.5 Å². The Bertz CT molecular complexity index is 1330. The first-order valence-corrected chi connectivity index (χ1v) is 12.3. The molecular formula is C26H18BrCl2NO6. The van der Waals surface area contributed by atoms with Crippen LogP contribution in [-0.2, 0) is 14.3 Å². The Labute approximate surface area is 225 Å². The average molecular weight is 591 g/mol. The minimum atomic E-state index is -0.735. The van der Waals surface area contributed by atoms with Gasteiger partial charge in [0.25, 0.3) is 0 Å². The summed E-state index contributed by atoms with van der Waals surface area (Å²) >= 11 is 15.5. The number of benzene rings is 3. The van der Waals surface area contributed by atoms with Gasteiger partial charge in [0.2, 0.25) is 5.91 Å². The summed E-state index contributed by atoms with van der Waals surface area (Å²) in [7, 11) is 0. The van der Waals surface area contributed by atoms with Crippen molar-refractivity contribution in [1.82, 2.24) is 0 Å². The monoisotopic (exact) mass is 589 g/mol. The van der Waals surface area contributed by atoms with E-state index in [1.165, 1.54) is 29.2 Å². The van der Waals surface area contributed by atoms with Crippen LogP contribution in [0.5, 0.6) is 5.75 Å². The van der Waals surface area contributed by atoms with E-state index in [2.05, 4.69) is 15.9 Å². The number of ether oxygens (including phenoxy) is 2. The SMILES string of the molecule is O=C(COC(=O)[C@H]1CC(=O)N(c2cccc(Cl)c2Cl)C1)c1ccc(OC(=O)c2ccc(Br)cc2)cc1. The minimum Gasteiger partial charge on any atom is -0.457 e. The lowest BCUT2D eigenvalue weighted by molar-refractivity contribution is -0.147. The van der Waals surface area contributed by atoms with Gasteiger partial charge in [-0.1, -0.05) is 45.2 Å². The molecule has 3 aromatic rings. The first-order valence-electron chi connectivity index (χ1n) is 10.7. The second-order valence-electron chi connectivity index (χ2n) is 7.93. The van der Waals surface area contributed by atoms with Crippen molar-refractivity contribution in [3.8, 4) is 5.75 Å². The summed E-state index contributed by atoms with van der Waals surface area (Å²) in [6.07, 6.45) is -0.0612. The summed E-state index contributed by atoms with van der Waals surface area (Å²) in [5.74, 6) is -2.39. The molecule has 1 heterocycles. The Morgan fingerprint density at radius 1 is 0.944 bits per heavy atom. The number of carbonyl (C=O) groups excluding carboxylic acids is 4. The molecule has 10 heteroatoms. The van der Waals surface area contributed by atoms with Crippen molar-refractivity contribution in [2.45, 2.75) is 6.42 Å². The molecule has 0 saturated carbocycles. The summed E-state index contributed by atoms with van der Waals surface area (Å²) in [5, 5.41) is 0.523. The van der Waals surface area contributed by atoms with Crippen LogP contribution in [0.2, 0.25) is 10.0 Å². The maximum absolute atomic E-state index is 12.5. The highest BCUT2D eigenvalue weighted by Gasteiger charge is 2.37. The van der Waals surface area contributed by atoms with E-state index >= 15 is 0 Å². The van der Waals surface area contributed by atoms with Gasteiger partial charge in [0.1, 0.15) is 5.75 Å². The highest BCUT2D eigenvalue weighted by atomic mass is 79.9. The van der Waals surface area contributed by atoms with Crippen molar-refractivity contribution in [2.75, 3.05) is 18.1 Å². The van der Waals surface area contributed by atoms with E-state index in [4.69, 9.17) is 32.7 Å². The molecular weight excluding hydrogens is 573 g/mol. The molecule has 0 unspecified atom stereocenters. The molecule has 1 atom stereocenters. The van der Waals surface area contributed by atoms with Gasteiger partial charge in [-0.25, -0.2) is 4.79 Å². The number of carbonyl (C=O) groups is 4. The number of halogens is 3. The van der Waals surface area contributed by atoms with Crippen LogP contribution >= 0.6 is 39.1 Å². The molecule has 1 aliphatic heterocycles. The van der Waals surface area contributed by atoms with Crippen molar-refractivity contribution in [3.63, 3.8) is 0 Å². The molecule has 0 N–H and O–H groups in total. The third-order valence-electron chi connectivity index (χ3n) is 5.49. The lowest BCUT2D eigenvalue weighted by Gasteiger charge is -2.18. The quantitative estimate of drug-likeness (QED) is 0.198. The molecule has 1 fully saturated rings. The third kappa shape index (κ3) is 5.95.